The molecule has 1 amide bonds. The summed E-state index contributed by atoms with van der Waals surface area (Å²) in [5.74, 6) is -0.122. The number of aliphatic hydroxyl groups excluding tert-OH is 1. The van der Waals surface area contributed by atoms with Crippen LogP contribution in [0.3, 0.4) is 0 Å². The second-order valence-corrected chi connectivity index (χ2v) is 8.14. The molecule has 3 rings (SSSR count). The summed E-state index contributed by atoms with van der Waals surface area (Å²) in [4.78, 5) is 27.6. The van der Waals surface area contributed by atoms with Crippen molar-refractivity contribution in [1.29, 1.82) is 0 Å². The number of likely N-dealkylation sites (tertiary alicyclic amines) is 1. The van der Waals surface area contributed by atoms with Gasteiger partial charge in [0, 0.05) is 25.8 Å². The number of hydrogen-bond donors (Lipinski definition) is 1. The Hall–Kier alpha value is -3.52. The zero-order chi connectivity index (χ0) is 24.8. The van der Waals surface area contributed by atoms with Crippen molar-refractivity contribution < 1.29 is 33.6 Å². The molecular formula is C26H31NO7. The third-order valence-electron chi connectivity index (χ3n) is 5.51. The second kappa shape index (κ2) is 11.1. The standard InChI is InChI=1S/C26H31NO7/c1-16(2)34-19-10-7-17(8-11-19)23-22(25(29)26(30)27(23)13-6-14-31-3)24(28)18-9-12-20(32-4)21(15-18)33-5/h7-12,15-16,23,28H,6,13-14H2,1-5H3/b24-22-. The Labute approximate surface area is 199 Å². The summed E-state index contributed by atoms with van der Waals surface area (Å²) in [6.07, 6.45) is 0.556. The SMILES string of the molecule is COCCCN1C(=O)C(=O)/C(=C(\O)c2ccc(OC)c(OC)c2)C1c1ccc(OC(C)C)cc1. The summed E-state index contributed by atoms with van der Waals surface area (Å²) in [5.41, 5.74) is 1.05. The van der Waals surface area contributed by atoms with Gasteiger partial charge in [0.2, 0.25) is 0 Å². The van der Waals surface area contributed by atoms with Gasteiger partial charge in [0.25, 0.3) is 11.7 Å². The summed E-state index contributed by atoms with van der Waals surface area (Å²) in [6.45, 7) is 4.60. The van der Waals surface area contributed by atoms with Crippen LogP contribution < -0.4 is 14.2 Å². The predicted molar refractivity (Wildman–Crippen MR) is 127 cm³/mol. The van der Waals surface area contributed by atoms with Gasteiger partial charge in [0.15, 0.2) is 11.5 Å². The molecule has 1 fully saturated rings. The van der Waals surface area contributed by atoms with Gasteiger partial charge in [-0.3, -0.25) is 9.59 Å². The van der Waals surface area contributed by atoms with Crippen molar-refractivity contribution in [2.75, 3.05) is 34.5 Å². The molecule has 0 bridgehead atoms. The van der Waals surface area contributed by atoms with Crippen molar-refractivity contribution in [3.63, 3.8) is 0 Å². The number of amides is 1. The van der Waals surface area contributed by atoms with Gasteiger partial charge in [-0.15, -0.1) is 0 Å². The van der Waals surface area contributed by atoms with E-state index < -0.39 is 17.7 Å². The highest BCUT2D eigenvalue weighted by atomic mass is 16.5. The number of carbonyl (C=O) groups is 2. The monoisotopic (exact) mass is 469 g/mol. The minimum atomic E-state index is -0.752. The van der Waals surface area contributed by atoms with E-state index in [2.05, 4.69) is 0 Å². The zero-order valence-electron chi connectivity index (χ0n) is 20.2. The van der Waals surface area contributed by atoms with Gasteiger partial charge in [-0.25, -0.2) is 0 Å². The number of rotatable bonds is 10. The predicted octanol–water partition coefficient (Wildman–Crippen LogP) is 3.95. The molecule has 2 aromatic carbocycles. The van der Waals surface area contributed by atoms with Crippen LogP contribution >= 0.6 is 0 Å². The highest BCUT2D eigenvalue weighted by molar-refractivity contribution is 6.46. The lowest BCUT2D eigenvalue weighted by Gasteiger charge is -2.25. The number of nitrogens with zero attached hydrogens (tertiary/aromatic N) is 1. The van der Waals surface area contributed by atoms with Crippen molar-refractivity contribution >= 4 is 17.4 Å². The van der Waals surface area contributed by atoms with E-state index in [1.54, 1.807) is 49.6 Å². The van der Waals surface area contributed by atoms with Crippen LogP contribution in [0.4, 0.5) is 0 Å². The number of benzene rings is 2. The average Bonchev–Trinajstić information content (AvgIpc) is 3.08. The van der Waals surface area contributed by atoms with Crippen LogP contribution in [0.2, 0.25) is 0 Å². The minimum absolute atomic E-state index is 0.00980. The van der Waals surface area contributed by atoms with E-state index in [1.165, 1.54) is 19.1 Å². The fourth-order valence-corrected chi connectivity index (χ4v) is 3.98. The third-order valence-corrected chi connectivity index (χ3v) is 5.51. The summed E-state index contributed by atoms with van der Waals surface area (Å²) < 4.78 is 21.4. The van der Waals surface area contributed by atoms with Crippen molar-refractivity contribution in [2.24, 2.45) is 0 Å². The molecule has 182 valence electrons. The van der Waals surface area contributed by atoms with Crippen molar-refractivity contribution in [1.82, 2.24) is 4.90 Å². The van der Waals surface area contributed by atoms with Crippen LogP contribution in [0.15, 0.2) is 48.0 Å². The fourth-order valence-electron chi connectivity index (χ4n) is 3.98. The van der Waals surface area contributed by atoms with E-state index >= 15 is 0 Å². The Kier molecular flexibility index (Phi) is 8.17. The van der Waals surface area contributed by atoms with Gasteiger partial charge in [0.1, 0.15) is 11.5 Å². The number of methoxy groups -OCH3 is 3. The molecule has 1 aliphatic rings. The smallest absolute Gasteiger partial charge is 0.295 e. The lowest BCUT2D eigenvalue weighted by Crippen LogP contribution is -2.31. The number of ether oxygens (including phenoxy) is 4. The summed E-state index contributed by atoms with van der Waals surface area (Å²) in [5, 5.41) is 11.2. The minimum Gasteiger partial charge on any atom is -0.507 e. The van der Waals surface area contributed by atoms with Crippen LogP contribution in [0.1, 0.15) is 37.4 Å². The number of aliphatic hydroxyl groups is 1. The first-order chi connectivity index (χ1) is 16.3. The number of ketones is 1. The van der Waals surface area contributed by atoms with Crippen LogP contribution in [0.25, 0.3) is 5.76 Å². The molecular weight excluding hydrogens is 438 g/mol. The van der Waals surface area contributed by atoms with Gasteiger partial charge in [-0.1, -0.05) is 12.1 Å². The molecule has 0 aliphatic carbocycles. The number of carbonyl (C=O) groups excluding carboxylic acids is 2. The second-order valence-electron chi connectivity index (χ2n) is 8.14. The molecule has 1 N–H and O–H groups in total. The molecule has 0 aromatic heterocycles. The zero-order valence-corrected chi connectivity index (χ0v) is 20.2. The average molecular weight is 470 g/mol. The first kappa shape index (κ1) is 25.1. The van der Waals surface area contributed by atoms with Crippen molar-refractivity contribution in [3.05, 3.63) is 59.2 Å². The Bertz CT molecular complexity index is 1060. The first-order valence-electron chi connectivity index (χ1n) is 11.1. The largest absolute Gasteiger partial charge is 0.507 e. The Morgan fingerprint density at radius 3 is 2.26 bits per heavy atom. The van der Waals surface area contributed by atoms with Gasteiger partial charge >= 0.3 is 0 Å². The van der Waals surface area contributed by atoms with E-state index in [0.29, 0.717) is 47.9 Å². The lowest BCUT2D eigenvalue weighted by atomic mass is 9.95. The van der Waals surface area contributed by atoms with Crippen LogP contribution in [0.5, 0.6) is 17.2 Å². The maximum Gasteiger partial charge on any atom is 0.295 e. The molecule has 1 aliphatic heterocycles. The van der Waals surface area contributed by atoms with E-state index in [0.717, 1.165) is 0 Å². The lowest BCUT2D eigenvalue weighted by molar-refractivity contribution is -0.140. The molecule has 8 nitrogen and oxygen atoms in total. The molecule has 8 heteroatoms. The highest BCUT2D eigenvalue weighted by Gasteiger charge is 2.45. The molecule has 0 radical (unpaired) electrons. The maximum absolute atomic E-state index is 13.1. The molecule has 1 unspecified atom stereocenters. The Morgan fingerprint density at radius 2 is 1.68 bits per heavy atom. The maximum atomic E-state index is 13.1. The molecule has 1 atom stereocenters. The summed E-state index contributed by atoms with van der Waals surface area (Å²) in [7, 11) is 4.57. The summed E-state index contributed by atoms with van der Waals surface area (Å²) in [6, 6.07) is 11.3. The van der Waals surface area contributed by atoms with Crippen molar-refractivity contribution in [3.8, 4) is 17.2 Å². The topological polar surface area (TPSA) is 94.5 Å². The van der Waals surface area contributed by atoms with Crippen LogP contribution in [-0.4, -0.2) is 62.3 Å². The molecule has 0 spiro atoms. The normalized spacial score (nSPS) is 17.4. The van der Waals surface area contributed by atoms with Crippen molar-refractivity contribution in [2.45, 2.75) is 32.4 Å². The molecule has 1 saturated heterocycles. The van der Waals surface area contributed by atoms with Gasteiger partial charge < -0.3 is 29.0 Å². The van der Waals surface area contributed by atoms with E-state index in [9.17, 15) is 14.7 Å². The number of Topliss-reactive ketones (excluding diaryl/α,β-unsaturated/α-hetero) is 1. The van der Waals surface area contributed by atoms with Gasteiger partial charge in [-0.2, -0.15) is 0 Å². The van der Waals surface area contributed by atoms with E-state index in [1.807, 2.05) is 13.8 Å². The van der Waals surface area contributed by atoms with E-state index in [4.69, 9.17) is 18.9 Å². The van der Waals surface area contributed by atoms with Crippen LogP contribution in [0, 0.1) is 0 Å². The van der Waals surface area contributed by atoms with E-state index in [-0.39, 0.29) is 17.4 Å². The van der Waals surface area contributed by atoms with Gasteiger partial charge in [-0.05, 0) is 56.2 Å². The Morgan fingerprint density at radius 1 is 1.00 bits per heavy atom. The molecule has 1 heterocycles. The summed E-state index contributed by atoms with van der Waals surface area (Å²) >= 11 is 0. The third kappa shape index (κ3) is 5.17. The molecule has 0 saturated carbocycles. The molecule has 2 aromatic rings. The first-order valence-corrected chi connectivity index (χ1v) is 11.1. The van der Waals surface area contributed by atoms with Crippen LogP contribution in [-0.2, 0) is 14.3 Å². The quantitative estimate of drug-likeness (QED) is 0.244. The number of hydrogen-bond acceptors (Lipinski definition) is 7. The highest BCUT2D eigenvalue weighted by Crippen LogP contribution is 2.41. The van der Waals surface area contributed by atoms with Gasteiger partial charge in [0.05, 0.1) is 31.9 Å². The molecule has 34 heavy (non-hydrogen) atoms. The fraction of sp³-hybridized carbons (Fsp3) is 0.385. The Balaban J connectivity index is 2.10.